The van der Waals surface area contributed by atoms with Crippen molar-refractivity contribution < 1.29 is 0 Å². The summed E-state index contributed by atoms with van der Waals surface area (Å²) in [6.07, 6.45) is 0. The maximum Gasteiger partial charge on any atom is 0.138 e. The molecule has 3 nitrogen and oxygen atoms in total. The molecular formula is C37H23N3S. The first kappa shape index (κ1) is 22.6. The molecule has 0 atom stereocenters. The van der Waals surface area contributed by atoms with Gasteiger partial charge >= 0.3 is 0 Å². The molecule has 4 aromatic heterocycles. The number of nitrogens with zero attached hydrogens (tertiary/aromatic N) is 3. The third kappa shape index (κ3) is 3.35. The standard InChI is InChI=1S/C37H23N3S/c1-2-9-26(10-3-1)39-32-14-6-4-11-27(32)29-23-35-30(22-34(29)39)28-12-5-7-15-33(28)40(35)37-16-8-13-31(38-37)25-18-17-24-19-20-41-36(24)21-25/h1-23H. The third-order valence-electron chi connectivity index (χ3n) is 8.20. The first-order valence-corrected chi connectivity index (χ1v) is 14.7. The Morgan fingerprint density at radius 1 is 0.488 bits per heavy atom. The van der Waals surface area contributed by atoms with Crippen LogP contribution >= 0.6 is 11.3 Å². The van der Waals surface area contributed by atoms with E-state index in [2.05, 4.69) is 148 Å². The Hall–Kier alpha value is -5.19. The van der Waals surface area contributed by atoms with E-state index in [1.807, 2.05) is 0 Å². The minimum Gasteiger partial charge on any atom is -0.309 e. The Balaban J connectivity index is 1.35. The van der Waals surface area contributed by atoms with Crippen LogP contribution in [0.2, 0.25) is 0 Å². The van der Waals surface area contributed by atoms with E-state index in [4.69, 9.17) is 4.98 Å². The van der Waals surface area contributed by atoms with Crippen molar-refractivity contribution in [1.29, 1.82) is 0 Å². The molecule has 41 heavy (non-hydrogen) atoms. The molecule has 4 heterocycles. The molecule has 0 spiro atoms. The number of fused-ring (bicyclic) bond motifs is 7. The van der Waals surface area contributed by atoms with E-state index in [1.54, 1.807) is 11.3 Å². The summed E-state index contributed by atoms with van der Waals surface area (Å²) in [5, 5.41) is 8.35. The predicted molar refractivity (Wildman–Crippen MR) is 174 cm³/mol. The van der Waals surface area contributed by atoms with Crippen LogP contribution in [0.15, 0.2) is 139 Å². The fraction of sp³-hybridized carbons (Fsp3) is 0. The molecule has 4 heteroatoms. The molecule has 192 valence electrons. The molecule has 0 saturated heterocycles. The van der Waals surface area contributed by atoms with Crippen LogP contribution in [0.25, 0.3) is 76.5 Å². The smallest absolute Gasteiger partial charge is 0.138 e. The Morgan fingerprint density at radius 3 is 1.95 bits per heavy atom. The SMILES string of the molecule is c1ccc(-n2c3ccccc3c3cc4c(cc32)c2ccccc2n4-c2cccc(-c3ccc4ccsc4c3)n2)cc1. The van der Waals surface area contributed by atoms with E-state index < -0.39 is 0 Å². The normalized spacial score (nSPS) is 11.9. The van der Waals surface area contributed by atoms with E-state index in [-0.39, 0.29) is 0 Å². The second-order valence-electron chi connectivity index (χ2n) is 10.5. The van der Waals surface area contributed by atoms with Gasteiger partial charge in [-0.2, -0.15) is 0 Å². The number of hydrogen-bond donors (Lipinski definition) is 0. The van der Waals surface area contributed by atoms with Crippen molar-refractivity contribution >= 4 is 65.0 Å². The van der Waals surface area contributed by atoms with Crippen molar-refractivity contribution in [3.05, 3.63) is 139 Å². The summed E-state index contributed by atoms with van der Waals surface area (Å²) in [7, 11) is 0. The lowest BCUT2D eigenvalue weighted by Gasteiger charge is -2.10. The fourth-order valence-electron chi connectivity index (χ4n) is 6.36. The molecule has 5 aromatic carbocycles. The summed E-state index contributed by atoms with van der Waals surface area (Å²) in [4.78, 5) is 5.23. The Kier molecular flexibility index (Phi) is 4.77. The minimum atomic E-state index is 0.922. The van der Waals surface area contributed by atoms with Gasteiger partial charge in [-0.05, 0) is 71.4 Å². The van der Waals surface area contributed by atoms with Crippen LogP contribution in [0.3, 0.4) is 0 Å². The van der Waals surface area contributed by atoms with Crippen LogP contribution in [0.4, 0.5) is 0 Å². The highest BCUT2D eigenvalue weighted by atomic mass is 32.1. The molecule has 0 aliphatic carbocycles. The number of para-hydroxylation sites is 3. The van der Waals surface area contributed by atoms with Crippen LogP contribution in [0.5, 0.6) is 0 Å². The first-order valence-electron chi connectivity index (χ1n) is 13.8. The lowest BCUT2D eigenvalue weighted by molar-refractivity contribution is 1.08. The Bertz CT molecular complexity index is 2420. The maximum absolute atomic E-state index is 5.23. The summed E-state index contributed by atoms with van der Waals surface area (Å²) < 4.78 is 5.99. The maximum atomic E-state index is 5.23. The fourth-order valence-corrected chi connectivity index (χ4v) is 7.18. The number of rotatable bonds is 3. The van der Waals surface area contributed by atoms with Crippen molar-refractivity contribution in [2.45, 2.75) is 0 Å². The van der Waals surface area contributed by atoms with E-state index in [1.165, 1.54) is 48.4 Å². The third-order valence-corrected chi connectivity index (χ3v) is 9.08. The van der Waals surface area contributed by atoms with Crippen LogP contribution < -0.4 is 0 Å². The van der Waals surface area contributed by atoms with Gasteiger partial charge < -0.3 is 4.57 Å². The molecule has 0 aliphatic heterocycles. The zero-order valence-electron chi connectivity index (χ0n) is 22.0. The summed E-state index contributed by atoms with van der Waals surface area (Å²) in [6, 6.07) is 47.9. The van der Waals surface area contributed by atoms with Gasteiger partial charge in [-0.1, -0.05) is 72.8 Å². The van der Waals surface area contributed by atoms with Crippen LogP contribution in [-0.4, -0.2) is 14.1 Å². The van der Waals surface area contributed by atoms with Crippen molar-refractivity contribution in [2.24, 2.45) is 0 Å². The average molecular weight is 542 g/mol. The number of benzene rings is 5. The van der Waals surface area contributed by atoms with Gasteiger partial charge in [-0.15, -0.1) is 11.3 Å². The van der Waals surface area contributed by atoms with E-state index in [9.17, 15) is 0 Å². The molecule has 0 bridgehead atoms. The quantitative estimate of drug-likeness (QED) is 0.218. The van der Waals surface area contributed by atoms with E-state index >= 15 is 0 Å². The first-order chi connectivity index (χ1) is 20.3. The van der Waals surface area contributed by atoms with Crippen LogP contribution in [0, 0.1) is 0 Å². The number of hydrogen-bond acceptors (Lipinski definition) is 2. The zero-order valence-corrected chi connectivity index (χ0v) is 22.8. The van der Waals surface area contributed by atoms with E-state index in [0.717, 1.165) is 28.1 Å². The van der Waals surface area contributed by atoms with Crippen molar-refractivity contribution in [1.82, 2.24) is 14.1 Å². The number of aromatic nitrogens is 3. The van der Waals surface area contributed by atoms with E-state index in [0.29, 0.717) is 0 Å². The molecule has 0 N–H and O–H groups in total. The van der Waals surface area contributed by atoms with Gasteiger partial charge in [-0.3, -0.25) is 4.57 Å². The molecular weight excluding hydrogens is 518 g/mol. The summed E-state index contributed by atoms with van der Waals surface area (Å²) in [6.45, 7) is 0. The highest BCUT2D eigenvalue weighted by molar-refractivity contribution is 7.17. The van der Waals surface area contributed by atoms with Crippen LogP contribution in [-0.2, 0) is 0 Å². The highest BCUT2D eigenvalue weighted by Crippen LogP contribution is 2.39. The molecule has 0 fully saturated rings. The van der Waals surface area contributed by atoms with Gasteiger partial charge in [-0.25, -0.2) is 4.98 Å². The van der Waals surface area contributed by atoms with Crippen LogP contribution in [0.1, 0.15) is 0 Å². The lowest BCUT2D eigenvalue weighted by Crippen LogP contribution is -1.98. The number of thiophene rings is 1. The van der Waals surface area contributed by atoms with Crippen molar-refractivity contribution in [3.8, 4) is 22.8 Å². The van der Waals surface area contributed by atoms with Gasteiger partial charge in [0.2, 0.25) is 0 Å². The molecule has 0 saturated carbocycles. The average Bonchev–Trinajstić information content (AvgIpc) is 3.72. The molecule has 9 rings (SSSR count). The number of pyridine rings is 1. The Labute approximate surface area is 240 Å². The molecule has 0 aliphatic rings. The summed E-state index contributed by atoms with van der Waals surface area (Å²) in [5.41, 5.74) is 8.01. The summed E-state index contributed by atoms with van der Waals surface area (Å²) in [5.74, 6) is 0.922. The largest absolute Gasteiger partial charge is 0.309 e. The zero-order chi connectivity index (χ0) is 26.9. The molecule has 0 unspecified atom stereocenters. The molecule has 9 aromatic rings. The second-order valence-corrected chi connectivity index (χ2v) is 11.4. The van der Waals surface area contributed by atoms with Crippen molar-refractivity contribution in [3.63, 3.8) is 0 Å². The van der Waals surface area contributed by atoms with Gasteiger partial charge in [0.15, 0.2) is 0 Å². The van der Waals surface area contributed by atoms with Gasteiger partial charge in [0.1, 0.15) is 5.82 Å². The van der Waals surface area contributed by atoms with Gasteiger partial charge in [0, 0.05) is 37.5 Å². The van der Waals surface area contributed by atoms with Gasteiger partial charge in [0.25, 0.3) is 0 Å². The predicted octanol–water partition coefficient (Wildman–Crippen LogP) is 10.2. The highest BCUT2D eigenvalue weighted by Gasteiger charge is 2.19. The second kappa shape index (κ2) is 8.65. The van der Waals surface area contributed by atoms with Crippen molar-refractivity contribution in [2.75, 3.05) is 0 Å². The minimum absolute atomic E-state index is 0.922. The Morgan fingerprint density at radius 2 is 1.17 bits per heavy atom. The topological polar surface area (TPSA) is 22.8 Å². The lowest BCUT2D eigenvalue weighted by atomic mass is 10.1. The van der Waals surface area contributed by atoms with Gasteiger partial charge in [0.05, 0.1) is 27.8 Å². The molecule has 0 amide bonds. The monoisotopic (exact) mass is 541 g/mol. The molecule has 0 radical (unpaired) electrons. The summed E-state index contributed by atoms with van der Waals surface area (Å²) >= 11 is 1.77.